The molecule has 5 rings (SSSR count). The predicted molar refractivity (Wildman–Crippen MR) is 121 cm³/mol. The molecule has 3 aromatic heterocycles. The Morgan fingerprint density at radius 1 is 1.09 bits per heavy atom. The van der Waals surface area contributed by atoms with Crippen molar-refractivity contribution < 1.29 is 9.53 Å². The summed E-state index contributed by atoms with van der Waals surface area (Å²) >= 11 is 0. The summed E-state index contributed by atoms with van der Waals surface area (Å²) in [4.78, 5) is 39.5. The molecule has 1 aliphatic rings. The highest BCUT2D eigenvalue weighted by Crippen LogP contribution is 2.27. The molecule has 1 saturated carbocycles. The maximum Gasteiger partial charge on any atom is 0.261 e. The zero-order chi connectivity index (χ0) is 22.1. The van der Waals surface area contributed by atoms with Gasteiger partial charge in [-0.15, -0.1) is 0 Å². The number of ether oxygens (including phenoxy) is 1. The maximum absolute atomic E-state index is 12.5. The van der Waals surface area contributed by atoms with Crippen molar-refractivity contribution in [2.24, 2.45) is 0 Å². The molecule has 0 radical (unpaired) electrons. The summed E-state index contributed by atoms with van der Waals surface area (Å²) in [7, 11) is 0. The van der Waals surface area contributed by atoms with E-state index in [2.05, 4.69) is 30.6 Å². The third kappa shape index (κ3) is 4.41. The van der Waals surface area contributed by atoms with Crippen molar-refractivity contribution >= 4 is 28.6 Å². The van der Waals surface area contributed by atoms with E-state index >= 15 is 0 Å². The fourth-order valence-corrected chi connectivity index (χ4v) is 3.25. The van der Waals surface area contributed by atoms with Crippen molar-refractivity contribution in [3.05, 3.63) is 65.2 Å². The van der Waals surface area contributed by atoms with Crippen molar-refractivity contribution in [1.29, 1.82) is 0 Å². The zero-order valence-corrected chi connectivity index (χ0v) is 17.3. The van der Waals surface area contributed by atoms with Crippen molar-refractivity contribution in [3.8, 4) is 22.8 Å². The lowest BCUT2D eigenvalue weighted by Crippen LogP contribution is -2.15. The number of aromatic nitrogens is 4. The Bertz CT molecular complexity index is 1380. The second kappa shape index (κ2) is 8.10. The SMILES string of the molecule is CC(=O)Nc1cc(Oc2ccc3nc(-c4cnc(NC5CC5)[nH]c4=O)ccc3c2)ccn1. The van der Waals surface area contributed by atoms with Crippen LogP contribution in [-0.2, 0) is 4.79 Å². The Morgan fingerprint density at radius 3 is 2.72 bits per heavy atom. The number of H-pyrrole nitrogens is 1. The number of hydrogen-bond donors (Lipinski definition) is 3. The van der Waals surface area contributed by atoms with E-state index in [9.17, 15) is 9.59 Å². The zero-order valence-electron chi connectivity index (χ0n) is 17.3. The Morgan fingerprint density at radius 2 is 1.94 bits per heavy atom. The van der Waals surface area contributed by atoms with Gasteiger partial charge in [-0.1, -0.05) is 6.07 Å². The minimum absolute atomic E-state index is 0.204. The van der Waals surface area contributed by atoms with Crippen molar-refractivity contribution in [2.45, 2.75) is 25.8 Å². The molecule has 0 spiro atoms. The van der Waals surface area contributed by atoms with E-state index in [1.54, 1.807) is 36.7 Å². The molecule has 0 unspecified atom stereocenters. The second-order valence-corrected chi connectivity index (χ2v) is 7.60. The van der Waals surface area contributed by atoms with Crippen LogP contribution in [0.5, 0.6) is 11.5 Å². The number of fused-ring (bicyclic) bond motifs is 1. The van der Waals surface area contributed by atoms with Crippen LogP contribution in [0.25, 0.3) is 22.2 Å². The fraction of sp³-hybridized carbons (Fsp3) is 0.174. The van der Waals surface area contributed by atoms with Gasteiger partial charge < -0.3 is 15.4 Å². The molecule has 32 heavy (non-hydrogen) atoms. The summed E-state index contributed by atoms with van der Waals surface area (Å²) in [6, 6.07) is 12.9. The molecule has 3 N–H and O–H groups in total. The minimum atomic E-state index is -0.234. The molecule has 0 atom stereocenters. The standard InChI is InChI=1S/C23H20N6O3/c1-13(30)26-21-11-17(8-9-24-21)32-16-5-7-19-14(10-16)2-6-20(28-19)18-12-25-23(29-22(18)31)27-15-3-4-15/h2,5-12,15H,3-4H2,1H3,(H,24,26,30)(H2,25,27,29,31). The number of rotatable bonds is 6. The molecule has 0 saturated heterocycles. The Hall–Kier alpha value is -4.27. The van der Waals surface area contributed by atoms with Gasteiger partial charge in [0, 0.05) is 36.8 Å². The van der Waals surface area contributed by atoms with Crippen LogP contribution in [-0.4, -0.2) is 31.9 Å². The fourth-order valence-electron chi connectivity index (χ4n) is 3.25. The number of aromatic amines is 1. The average Bonchev–Trinajstić information content (AvgIpc) is 3.57. The van der Waals surface area contributed by atoms with Crippen LogP contribution >= 0.6 is 0 Å². The summed E-state index contributed by atoms with van der Waals surface area (Å²) < 4.78 is 5.90. The van der Waals surface area contributed by atoms with Gasteiger partial charge in [0.2, 0.25) is 11.9 Å². The van der Waals surface area contributed by atoms with Crippen LogP contribution in [0.2, 0.25) is 0 Å². The number of anilines is 2. The number of nitrogens with zero attached hydrogens (tertiary/aromatic N) is 3. The molecule has 0 bridgehead atoms. The molecule has 1 aliphatic carbocycles. The van der Waals surface area contributed by atoms with Gasteiger partial charge in [-0.2, -0.15) is 0 Å². The van der Waals surface area contributed by atoms with Gasteiger partial charge >= 0.3 is 0 Å². The number of carbonyl (C=O) groups excluding carboxylic acids is 1. The highest BCUT2D eigenvalue weighted by molar-refractivity contribution is 5.87. The first-order valence-electron chi connectivity index (χ1n) is 10.2. The van der Waals surface area contributed by atoms with Gasteiger partial charge in [0.15, 0.2) is 0 Å². The topological polar surface area (TPSA) is 122 Å². The molecule has 9 heteroatoms. The summed E-state index contributed by atoms with van der Waals surface area (Å²) in [6.07, 6.45) is 5.31. The first kappa shape index (κ1) is 19.7. The summed E-state index contributed by atoms with van der Waals surface area (Å²) in [5.74, 6) is 1.86. The van der Waals surface area contributed by atoms with E-state index < -0.39 is 0 Å². The number of carbonyl (C=O) groups is 1. The van der Waals surface area contributed by atoms with Crippen LogP contribution < -0.4 is 20.9 Å². The summed E-state index contributed by atoms with van der Waals surface area (Å²) in [5.41, 5.74) is 1.45. The van der Waals surface area contributed by atoms with Gasteiger partial charge in [0.25, 0.3) is 5.56 Å². The molecule has 1 fully saturated rings. The summed E-state index contributed by atoms with van der Waals surface area (Å²) in [6.45, 7) is 1.42. The predicted octanol–water partition coefficient (Wildman–Crippen LogP) is 3.71. The highest BCUT2D eigenvalue weighted by atomic mass is 16.5. The first-order valence-corrected chi connectivity index (χ1v) is 10.2. The van der Waals surface area contributed by atoms with E-state index in [1.165, 1.54) is 6.92 Å². The quantitative estimate of drug-likeness (QED) is 0.428. The van der Waals surface area contributed by atoms with Gasteiger partial charge in [0.1, 0.15) is 17.3 Å². The Labute approximate surface area is 182 Å². The maximum atomic E-state index is 12.5. The average molecular weight is 428 g/mol. The first-order chi connectivity index (χ1) is 15.5. The van der Waals surface area contributed by atoms with E-state index in [-0.39, 0.29) is 11.5 Å². The van der Waals surface area contributed by atoms with E-state index in [4.69, 9.17) is 4.74 Å². The monoisotopic (exact) mass is 428 g/mol. The Balaban J connectivity index is 1.38. The minimum Gasteiger partial charge on any atom is -0.457 e. The lowest BCUT2D eigenvalue weighted by Gasteiger charge is -2.09. The van der Waals surface area contributed by atoms with E-state index in [1.807, 2.05) is 18.2 Å². The van der Waals surface area contributed by atoms with E-state index in [0.29, 0.717) is 40.6 Å². The molecular weight excluding hydrogens is 408 g/mol. The van der Waals surface area contributed by atoms with E-state index in [0.717, 1.165) is 23.7 Å². The van der Waals surface area contributed by atoms with Crippen molar-refractivity contribution in [2.75, 3.05) is 10.6 Å². The van der Waals surface area contributed by atoms with Gasteiger partial charge in [-0.05, 0) is 43.2 Å². The number of hydrogen-bond acceptors (Lipinski definition) is 7. The van der Waals surface area contributed by atoms with Gasteiger partial charge in [-0.25, -0.2) is 15.0 Å². The molecule has 1 aromatic carbocycles. The van der Waals surface area contributed by atoms with Crippen LogP contribution in [0, 0.1) is 0 Å². The normalized spacial score (nSPS) is 13.0. The molecule has 1 amide bonds. The lowest BCUT2D eigenvalue weighted by molar-refractivity contribution is -0.114. The summed E-state index contributed by atoms with van der Waals surface area (Å²) in [5, 5.41) is 6.66. The second-order valence-electron chi connectivity index (χ2n) is 7.60. The highest BCUT2D eigenvalue weighted by Gasteiger charge is 2.22. The van der Waals surface area contributed by atoms with Crippen molar-refractivity contribution in [3.63, 3.8) is 0 Å². The molecule has 0 aliphatic heterocycles. The van der Waals surface area contributed by atoms with Crippen LogP contribution in [0.4, 0.5) is 11.8 Å². The number of amides is 1. The number of benzene rings is 1. The molecule has 160 valence electrons. The third-order valence-corrected chi connectivity index (χ3v) is 4.93. The largest absolute Gasteiger partial charge is 0.457 e. The van der Waals surface area contributed by atoms with Gasteiger partial charge in [-0.3, -0.25) is 14.6 Å². The Kier molecular flexibility index (Phi) is 4.98. The van der Waals surface area contributed by atoms with Crippen LogP contribution in [0.1, 0.15) is 19.8 Å². The van der Waals surface area contributed by atoms with Crippen molar-refractivity contribution in [1.82, 2.24) is 19.9 Å². The smallest absolute Gasteiger partial charge is 0.261 e. The lowest BCUT2D eigenvalue weighted by atomic mass is 10.1. The number of nitrogens with one attached hydrogen (secondary N) is 3. The number of pyridine rings is 2. The molecule has 4 aromatic rings. The van der Waals surface area contributed by atoms with Gasteiger partial charge in [0.05, 0.1) is 16.8 Å². The molecule has 3 heterocycles. The third-order valence-electron chi connectivity index (χ3n) is 4.93. The molecular formula is C23H20N6O3. The molecule has 9 nitrogen and oxygen atoms in total. The van der Waals surface area contributed by atoms with Crippen LogP contribution in [0.3, 0.4) is 0 Å². The van der Waals surface area contributed by atoms with Crippen LogP contribution in [0.15, 0.2) is 59.7 Å².